The van der Waals surface area contributed by atoms with Crippen LogP contribution < -0.4 is 16.4 Å². The zero-order valence-corrected chi connectivity index (χ0v) is 22.5. The van der Waals surface area contributed by atoms with Crippen LogP contribution in [0.4, 0.5) is 0 Å². The highest BCUT2D eigenvalue weighted by molar-refractivity contribution is 7.88. The molecule has 204 valence electrons. The zero-order chi connectivity index (χ0) is 27.0. The molecule has 1 fully saturated rings. The van der Waals surface area contributed by atoms with E-state index in [9.17, 15) is 23.1 Å². The highest BCUT2D eigenvalue weighted by Gasteiger charge is 2.32. The first-order valence-electron chi connectivity index (χ1n) is 13.0. The standard InChI is InChI=1S/C27H40N4O5S/c1-19(18-31(37(2,35)36)23-10-4-3-5-11-23)26(33)30-25(27(34)29-17-24(32)16-28)15-20-12-13-21-8-6-7-9-22(21)14-20/h6-9,12-14,19,23-25,32H,3-5,10-11,15-18,28H2,1-2H3,(H,29,34)(H,30,33)/t19-,24?,25?/m1/s1. The molecular weight excluding hydrogens is 492 g/mol. The third kappa shape index (κ3) is 8.49. The molecule has 37 heavy (non-hydrogen) atoms. The van der Waals surface area contributed by atoms with Gasteiger partial charge < -0.3 is 21.5 Å². The fraction of sp³-hybridized carbons (Fsp3) is 0.556. The summed E-state index contributed by atoms with van der Waals surface area (Å²) in [6, 6.07) is 12.7. The summed E-state index contributed by atoms with van der Waals surface area (Å²) in [7, 11) is -3.49. The van der Waals surface area contributed by atoms with Crippen LogP contribution in [-0.4, -0.2) is 73.7 Å². The number of nitrogens with zero attached hydrogens (tertiary/aromatic N) is 1. The molecule has 2 aromatic rings. The summed E-state index contributed by atoms with van der Waals surface area (Å²) in [5.74, 6) is -1.49. The topological polar surface area (TPSA) is 142 Å². The highest BCUT2D eigenvalue weighted by Crippen LogP contribution is 2.25. The van der Waals surface area contributed by atoms with Crippen LogP contribution in [0, 0.1) is 5.92 Å². The SMILES string of the molecule is C[C@H](CN(C1CCCCC1)S(C)(=O)=O)C(=O)NC(Cc1ccc2ccccc2c1)C(=O)NCC(O)CN. The van der Waals surface area contributed by atoms with Crippen molar-refractivity contribution in [3.63, 3.8) is 0 Å². The second-order valence-corrected chi connectivity index (χ2v) is 12.0. The number of hydrogen-bond acceptors (Lipinski definition) is 6. The number of fused-ring (bicyclic) bond motifs is 1. The van der Waals surface area contributed by atoms with Crippen molar-refractivity contribution in [1.29, 1.82) is 0 Å². The Morgan fingerprint density at radius 2 is 1.76 bits per heavy atom. The van der Waals surface area contributed by atoms with E-state index in [-0.39, 0.29) is 32.1 Å². The molecule has 0 aliphatic heterocycles. The minimum Gasteiger partial charge on any atom is -0.390 e. The maximum atomic E-state index is 13.2. The first-order valence-corrected chi connectivity index (χ1v) is 14.8. The Labute approximate surface area is 219 Å². The molecule has 1 aliphatic rings. The molecule has 0 bridgehead atoms. The van der Waals surface area contributed by atoms with Gasteiger partial charge in [0, 0.05) is 38.0 Å². The van der Waals surface area contributed by atoms with Crippen LogP contribution in [0.1, 0.15) is 44.6 Å². The molecule has 1 aliphatic carbocycles. The normalized spacial score (nSPS) is 17.3. The van der Waals surface area contributed by atoms with Crippen molar-refractivity contribution >= 4 is 32.6 Å². The Morgan fingerprint density at radius 3 is 2.41 bits per heavy atom. The largest absolute Gasteiger partial charge is 0.390 e. The number of aliphatic hydroxyl groups excluding tert-OH is 1. The third-order valence-electron chi connectivity index (χ3n) is 6.98. The summed E-state index contributed by atoms with van der Waals surface area (Å²) in [5.41, 5.74) is 6.32. The minimum atomic E-state index is -3.49. The Morgan fingerprint density at radius 1 is 1.08 bits per heavy atom. The molecular formula is C27H40N4O5S. The van der Waals surface area contributed by atoms with E-state index in [1.54, 1.807) is 6.92 Å². The van der Waals surface area contributed by atoms with Gasteiger partial charge in [-0.3, -0.25) is 9.59 Å². The van der Waals surface area contributed by atoms with Gasteiger partial charge in [-0.25, -0.2) is 8.42 Å². The summed E-state index contributed by atoms with van der Waals surface area (Å²) < 4.78 is 26.5. The minimum absolute atomic E-state index is 0.00150. The summed E-state index contributed by atoms with van der Waals surface area (Å²) in [6.45, 7) is 1.71. The molecule has 9 nitrogen and oxygen atoms in total. The number of benzene rings is 2. The van der Waals surface area contributed by atoms with Crippen molar-refractivity contribution in [3.8, 4) is 0 Å². The molecule has 0 radical (unpaired) electrons. The van der Waals surface area contributed by atoms with Crippen molar-refractivity contribution in [2.24, 2.45) is 11.7 Å². The van der Waals surface area contributed by atoms with Crippen molar-refractivity contribution in [1.82, 2.24) is 14.9 Å². The first-order chi connectivity index (χ1) is 17.6. The molecule has 3 rings (SSSR count). The monoisotopic (exact) mass is 532 g/mol. The van der Waals surface area contributed by atoms with Crippen molar-refractivity contribution in [2.45, 2.75) is 63.6 Å². The summed E-state index contributed by atoms with van der Waals surface area (Å²) >= 11 is 0. The molecule has 2 unspecified atom stereocenters. The molecule has 3 atom stereocenters. The van der Waals surface area contributed by atoms with E-state index in [0.717, 1.165) is 48.4 Å². The molecule has 0 saturated heterocycles. The van der Waals surface area contributed by atoms with Gasteiger partial charge in [-0.05, 0) is 29.2 Å². The molecule has 0 aromatic heterocycles. The number of aliphatic hydroxyl groups is 1. The second-order valence-electron chi connectivity index (χ2n) is 10.1. The van der Waals surface area contributed by atoms with Crippen LogP contribution in [0.2, 0.25) is 0 Å². The van der Waals surface area contributed by atoms with Crippen LogP contribution in [0.5, 0.6) is 0 Å². The molecule has 1 saturated carbocycles. The van der Waals surface area contributed by atoms with Crippen molar-refractivity contribution < 1.29 is 23.1 Å². The number of sulfonamides is 1. The summed E-state index contributed by atoms with van der Waals surface area (Å²) in [6.07, 6.45) is 5.15. The van der Waals surface area contributed by atoms with Crippen LogP contribution in [-0.2, 0) is 26.0 Å². The van der Waals surface area contributed by atoms with Gasteiger partial charge in [-0.2, -0.15) is 4.31 Å². The number of nitrogens with one attached hydrogen (secondary N) is 2. The van der Waals surface area contributed by atoms with Gasteiger partial charge in [0.2, 0.25) is 21.8 Å². The van der Waals surface area contributed by atoms with Gasteiger partial charge in [0.05, 0.1) is 12.4 Å². The average Bonchev–Trinajstić information content (AvgIpc) is 2.89. The number of carbonyl (C=O) groups is 2. The Hall–Kier alpha value is -2.53. The average molecular weight is 533 g/mol. The molecule has 0 spiro atoms. The van der Waals surface area contributed by atoms with Gasteiger partial charge in [0.1, 0.15) is 6.04 Å². The fourth-order valence-corrected chi connectivity index (χ4v) is 6.07. The van der Waals surface area contributed by atoms with E-state index in [1.807, 2.05) is 42.5 Å². The predicted octanol–water partition coefficient (Wildman–Crippen LogP) is 1.53. The van der Waals surface area contributed by atoms with Crippen LogP contribution >= 0.6 is 0 Å². The number of amides is 2. The van der Waals surface area contributed by atoms with Gasteiger partial charge in [0.15, 0.2) is 0 Å². The molecule has 0 heterocycles. The van der Waals surface area contributed by atoms with E-state index in [0.29, 0.717) is 0 Å². The number of rotatable bonds is 12. The van der Waals surface area contributed by atoms with Crippen molar-refractivity contribution in [3.05, 3.63) is 48.0 Å². The molecule has 2 aromatic carbocycles. The quantitative estimate of drug-likeness (QED) is 0.327. The van der Waals surface area contributed by atoms with E-state index >= 15 is 0 Å². The second kappa shape index (κ2) is 13.3. The van der Waals surface area contributed by atoms with Crippen LogP contribution in [0.25, 0.3) is 10.8 Å². The maximum absolute atomic E-state index is 13.2. The van der Waals surface area contributed by atoms with Gasteiger partial charge in [-0.15, -0.1) is 0 Å². The maximum Gasteiger partial charge on any atom is 0.243 e. The van der Waals surface area contributed by atoms with E-state index in [2.05, 4.69) is 10.6 Å². The lowest BCUT2D eigenvalue weighted by Gasteiger charge is -2.34. The lowest BCUT2D eigenvalue weighted by atomic mass is 9.95. The molecule has 5 N–H and O–H groups in total. The number of hydrogen-bond donors (Lipinski definition) is 4. The van der Waals surface area contributed by atoms with Crippen molar-refractivity contribution in [2.75, 3.05) is 25.9 Å². The Balaban J connectivity index is 1.74. The Kier molecular flexibility index (Phi) is 10.5. The fourth-order valence-electron chi connectivity index (χ4n) is 4.83. The van der Waals surface area contributed by atoms with E-state index < -0.39 is 39.9 Å². The predicted molar refractivity (Wildman–Crippen MR) is 145 cm³/mol. The van der Waals surface area contributed by atoms with Crippen LogP contribution in [0.15, 0.2) is 42.5 Å². The lowest BCUT2D eigenvalue weighted by Crippen LogP contribution is -2.52. The number of carbonyl (C=O) groups excluding carboxylic acids is 2. The van der Waals surface area contributed by atoms with Gasteiger partial charge >= 0.3 is 0 Å². The van der Waals surface area contributed by atoms with E-state index in [1.165, 1.54) is 10.6 Å². The molecule has 2 amide bonds. The first kappa shape index (κ1) is 29.0. The van der Waals surface area contributed by atoms with Gasteiger partial charge in [-0.1, -0.05) is 68.7 Å². The third-order valence-corrected chi connectivity index (χ3v) is 8.28. The summed E-state index contributed by atoms with van der Waals surface area (Å²) in [4.78, 5) is 26.3. The lowest BCUT2D eigenvalue weighted by molar-refractivity contribution is -0.131. The number of nitrogens with two attached hydrogens (primary N) is 1. The van der Waals surface area contributed by atoms with Crippen LogP contribution in [0.3, 0.4) is 0 Å². The summed E-state index contributed by atoms with van der Waals surface area (Å²) in [5, 5.41) is 17.4. The highest BCUT2D eigenvalue weighted by atomic mass is 32.2. The smallest absolute Gasteiger partial charge is 0.243 e. The van der Waals surface area contributed by atoms with Gasteiger partial charge in [0.25, 0.3) is 0 Å². The molecule has 10 heteroatoms. The van der Waals surface area contributed by atoms with E-state index in [4.69, 9.17) is 5.73 Å². The zero-order valence-electron chi connectivity index (χ0n) is 21.7. The Bertz CT molecular complexity index is 1170.